The van der Waals surface area contributed by atoms with Crippen LogP contribution in [0.5, 0.6) is 0 Å². The van der Waals surface area contributed by atoms with Gasteiger partial charge in [0.1, 0.15) is 10.7 Å². The maximum absolute atomic E-state index is 13.2. The summed E-state index contributed by atoms with van der Waals surface area (Å²) in [6.07, 6.45) is 5.53. The lowest BCUT2D eigenvalue weighted by atomic mass is 9.86. The third-order valence-corrected chi connectivity index (χ3v) is 5.71. The number of aryl methyl sites for hydroxylation is 1. The van der Waals surface area contributed by atoms with Gasteiger partial charge in [-0.3, -0.25) is 4.79 Å². The van der Waals surface area contributed by atoms with Gasteiger partial charge < -0.3 is 9.64 Å². The van der Waals surface area contributed by atoms with Crippen molar-refractivity contribution in [1.29, 1.82) is 0 Å². The van der Waals surface area contributed by atoms with Gasteiger partial charge in [-0.15, -0.1) is 11.3 Å². The number of amides is 1. The molecule has 0 unspecified atom stereocenters. The number of methoxy groups -OCH3 is 1. The molecule has 0 N–H and O–H groups in total. The molecule has 1 aromatic heterocycles. The number of hydrogen-bond donors (Lipinski definition) is 0. The molecule has 0 saturated heterocycles. The first-order chi connectivity index (χ1) is 11.8. The predicted molar refractivity (Wildman–Crippen MR) is 94.1 cm³/mol. The minimum atomic E-state index is 0.0813. The summed E-state index contributed by atoms with van der Waals surface area (Å²) in [6.45, 7) is 0.466. The van der Waals surface area contributed by atoms with E-state index in [4.69, 9.17) is 4.74 Å². The molecule has 1 saturated carbocycles. The van der Waals surface area contributed by atoms with Gasteiger partial charge in [0.25, 0.3) is 5.91 Å². The van der Waals surface area contributed by atoms with Gasteiger partial charge in [-0.2, -0.15) is 0 Å². The number of rotatable bonds is 5. The van der Waals surface area contributed by atoms with Crippen molar-refractivity contribution < 1.29 is 9.53 Å². The summed E-state index contributed by atoms with van der Waals surface area (Å²) in [5, 5.41) is 2.74. The molecular formula is C19H22N2O2S. The largest absolute Gasteiger partial charge is 0.378 e. The number of benzene rings is 1. The quantitative estimate of drug-likeness (QED) is 0.825. The number of aromatic nitrogens is 1. The summed E-state index contributed by atoms with van der Waals surface area (Å²) in [5.41, 5.74) is 3.30. The Labute approximate surface area is 146 Å². The van der Waals surface area contributed by atoms with Gasteiger partial charge >= 0.3 is 0 Å². The summed E-state index contributed by atoms with van der Waals surface area (Å²) in [5.74, 6) is 0.0813. The van der Waals surface area contributed by atoms with E-state index in [1.54, 1.807) is 7.11 Å². The van der Waals surface area contributed by atoms with Crippen molar-refractivity contribution in [2.75, 3.05) is 7.11 Å². The van der Waals surface area contributed by atoms with Crippen LogP contribution >= 0.6 is 11.3 Å². The summed E-state index contributed by atoms with van der Waals surface area (Å²) >= 11 is 1.50. The molecular weight excluding hydrogens is 320 g/mol. The Hall–Kier alpha value is -1.72. The van der Waals surface area contributed by atoms with E-state index in [0.29, 0.717) is 18.3 Å². The molecule has 2 aliphatic carbocycles. The van der Waals surface area contributed by atoms with Crippen LogP contribution in [0.25, 0.3) is 0 Å². The average Bonchev–Trinajstić information content (AvgIpc) is 3.33. The Morgan fingerprint density at radius 3 is 2.96 bits per heavy atom. The van der Waals surface area contributed by atoms with Gasteiger partial charge in [0.05, 0.1) is 12.6 Å². The minimum absolute atomic E-state index is 0.0813. The summed E-state index contributed by atoms with van der Waals surface area (Å²) in [6, 6.07) is 9.16. The number of nitrogens with zero attached hydrogens (tertiary/aromatic N) is 2. The van der Waals surface area contributed by atoms with E-state index in [2.05, 4.69) is 34.1 Å². The van der Waals surface area contributed by atoms with Crippen LogP contribution in [0.3, 0.4) is 0 Å². The van der Waals surface area contributed by atoms with E-state index in [1.165, 1.54) is 22.5 Å². The second-order valence-electron chi connectivity index (χ2n) is 6.61. The highest BCUT2D eigenvalue weighted by Crippen LogP contribution is 2.41. The normalized spacial score (nSPS) is 19.8. The van der Waals surface area contributed by atoms with Gasteiger partial charge in [0.2, 0.25) is 0 Å². The van der Waals surface area contributed by atoms with Crippen LogP contribution in [0.1, 0.15) is 58.3 Å². The Morgan fingerprint density at radius 2 is 2.17 bits per heavy atom. The van der Waals surface area contributed by atoms with Crippen molar-refractivity contribution >= 4 is 17.2 Å². The van der Waals surface area contributed by atoms with E-state index in [1.807, 2.05) is 5.38 Å². The van der Waals surface area contributed by atoms with E-state index in [9.17, 15) is 4.79 Å². The SMILES string of the molecule is COCc1nc(C(=O)N(C2CC2)[C@@H]2CCCc3ccccc32)cs1. The number of ether oxygens (including phenoxy) is 1. The molecule has 1 heterocycles. The average molecular weight is 342 g/mol. The van der Waals surface area contributed by atoms with Crippen LogP contribution in [0, 0.1) is 0 Å². The molecule has 24 heavy (non-hydrogen) atoms. The molecule has 1 amide bonds. The summed E-state index contributed by atoms with van der Waals surface area (Å²) < 4.78 is 5.13. The lowest BCUT2D eigenvalue weighted by molar-refractivity contribution is 0.0632. The summed E-state index contributed by atoms with van der Waals surface area (Å²) in [7, 11) is 1.65. The highest BCUT2D eigenvalue weighted by atomic mass is 32.1. The fourth-order valence-corrected chi connectivity index (χ4v) is 4.40. The molecule has 1 aromatic carbocycles. The van der Waals surface area contributed by atoms with Crippen molar-refractivity contribution in [2.45, 2.75) is 50.8 Å². The number of hydrogen-bond acceptors (Lipinski definition) is 4. The zero-order valence-corrected chi connectivity index (χ0v) is 14.7. The first-order valence-corrected chi connectivity index (χ1v) is 9.49. The lowest BCUT2D eigenvalue weighted by Gasteiger charge is -2.36. The van der Waals surface area contributed by atoms with Crippen molar-refractivity contribution in [3.8, 4) is 0 Å². The second-order valence-corrected chi connectivity index (χ2v) is 7.55. The van der Waals surface area contributed by atoms with Crippen molar-refractivity contribution in [3.63, 3.8) is 0 Å². The van der Waals surface area contributed by atoms with Crippen LogP contribution in [-0.2, 0) is 17.8 Å². The molecule has 5 heteroatoms. The van der Waals surface area contributed by atoms with Crippen molar-refractivity contribution in [1.82, 2.24) is 9.88 Å². The third-order valence-electron chi connectivity index (χ3n) is 4.89. The molecule has 1 fully saturated rings. The molecule has 0 bridgehead atoms. The molecule has 0 aliphatic heterocycles. The first-order valence-electron chi connectivity index (χ1n) is 8.61. The fraction of sp³-hybridized carbons (Fsp3) is 0.474. The van der Waals surface area contributed by atoms with E-state index < -0.39 is 0 Å². The zero-order chi connectivity index (χ0) is 16.5. The fourth-order valence-electron chi connectivity index (χ4n) is 3.66. The monoisotopic (exact) mass is 342 g/mol. The predicted octanol–water partition coefficient (Wildman–Crippen LogP) is 3.97. The molecule has 1 atom stereocenters. The Balaban J connectivity index is 1.64. The molecule has 4 nitrogen and oxygen atoms in total. The third kappa shape index (κ3) is 2.98. The molecule has 4 rings (SSSR count). The van der Waals surface area contributed by atoms with E-state index >= 15 is 0 Å². The molecule has 2 aromatic rings. The molecule has 0 spiro atoms. The van der Waals surface area contributed by atoms with Crippen LogP contribution in [0.15, 0.2) is 29.6 Å². The topological polar surface area (TPSA) is 42.4 Å². The van der Waals surface area contributed by atoms with Crippen LogP contribution < -0.4 is 0 Å². The maximum atomic E-state index is 13.2. The Kier molecular flexibility index (Phi) is 4.37. The van der Waals surface area contributed by atoms with Gasteiger partial charge in [-0.05, 0) is 43.2 Å². The van der Waals surface area contributed by atoms with Crippen LogP contribution in [0.2, 0.25) is 0 Å². The number of carbonyl (C=O) groups is 1. The maximum Gasteiger partial charge on any atom is 0.274 e. The van der Waals surface area contributed by atoms with Gasteiger partial charge in [0, 0.05) is 18.5 Å². The lowest BCUT2D eigenvalue weighted by Crippen LogP contribution is -2.38. The first kappa shape index (κ1) is 15.8. The highest BCUT2D eigenvalue weighted by Gasteiger charge is 2.40. The van der Waals surface area contributed by atoms with Gasteiger partial charge in [-0.25, -0.2) is 4.98 Å². The van der Waals surface area contributed by atoms with Gasteiger partial charge in [-0.1, -0.05) is 24.3 Å². The van der Waals surface area contributed by atoms with Gasteiger partial charge in [0.15, 0.2) is 0 Å². The summed E-state index contributed by atoms with van der Waals surface area (Å²) in [4.78, 5) is 19.8. The minimum Gasteiger partial charge on any atom is -0.378 e. The zero-order valence-electron chi connectivity index (χ0n) is 13.9. The number of thiazole rings is 1. The van der Waals surface area contributed by atoms with Crippen LogP contribution in [0.4, 0.5) is 0 Å². The standard InChI is InChI=1S/C19H22N2O2S/c1-23-11-18-20-16(12-24-18)19(22)21(14-9-10-14)17-8-4-6-13-5-2-3-7-15(13)17/h2-3,5,7,12,14,17H,4,6,8-11H2,1H3/t17-/m1/s1. The number of fused-ring (bicyclic) bond motifs is 1. The van der Waals surface area contributed by atoms with Crippen LogP contribution in [-0.4, -0.2) is 28.9 Å². The van der Waals surface area contributed by atoms with E-state index in [0.717, 1.165) is 37.1 Å². The highest BCUT2D eigenvalue weighted by molar-refractivity contribution is 7.09. The molecule has 126 valence electrons. The second kappa shape index (κ2) is 6.65. The Bertz CT molecular complexity index is 738. The smallest absolute Gasteiger partial charge is 0.274 e. The molecule has 2 aliphatic rings. The number of carbonyl (C=O) groups excluding carboxylic acids is 1. The molecule has 0 radical (unpaired) electrons. The van der Waals surface area contributed by atoms with Crippen molar-refractivity contribution in [2.24, 2.45) is 0 Å². The Morgan fingerprint density at radius 1 is 1.33 bits per heavy atom. The van der Waals surface area contributed by atoms with E-state index in [-0.39, 0.29) is 11.9 Å². The van der Waals surface area contributed by atoms with Crippen molar-refractivity contribution in [3.05, 3.63) is 51.5 Å².